The number of methoxy groups -OCH3 is 1. The van der Waals surface area contributed by atoms with Crippen molar-refractivity contribution in [3.05, 3.63) is 65.2 Å². The molecule has 27 heavy (non-hydrogen) atoms. The molecule has 3 rings (SSSR count). The number of anilines is 3. The number of benzene rings is 2. The Morgan fingerprint density at radius 1 is 1.00 bits per heavy atom. The van der Waals surface area contributed by atoms with Crippen molar-refractivity contribution in [1.82, 2.24) is 9.97 Å². The Labute approximate surface area is 164 Å². The van der Waals surface area contributed by atoms with E-state index in [1.54, 1.807) is 7.11 Å². The van der Waals surface area contributed by atoms with E-state index in [-0.39, 0.29) is 0 Å². The van der Waals surface area contributed by atoms with Crippen molar-refractivity contribution in [2.75, 3.05) is 30.9 Å². The second-order valence-electron chi connectivity index (χ2n) is 6.14. The van der Waals surface area contributed by atoms with Crippen LogP contribution in [-0.4, -0.2) is 30.2 Å². The maximum atomic E-state index is 6.24. The zero-order valence-electron chi connectivity index (χ0n) is 15.5. The van der Waals surface area contributed by atoms with Gasteiger partial charge in [0.05, 0.1) is 0 Å². The van der Waals surface area contributed by atoms with E-state index >= 15 is 0 Å². The molecule has 0 aliphatic carbocycles. The third-order valence-electron chi connectivity index (χ3n) is 4.12. The third kappa shape index (κ3) is 5.18. The van der Waals surface area contributed by atoms with Crippen LogP contribution in [0.15, 0.2) is 54.6 Å². The zero-order valence-corrected chi connectivity index (χ0v) is 16.3. The number of nitrogens with one attached hydrogen (secondary N) is 2. The third-order valence-corrected chi connectivity index (χ3v) is 4.53. The van der Waals surface area contributed by atoms with Gasteiger partial charge in [-0.25, -0.2) is 9.97 Å². The van der Waals surface area contributed by atoms with E-state index < -0.39 is 0 Å². The number of nitrogens with zero attached hydrogens (tertiary/aromatic N) is 2. The zero-order chi connectivity index (χ0) is 19.1. The van der Waals surface area contributed by atoms with Gasteiger partial charge >= 0.3 is 0 Å². The van der Waals surface area contributed by atoms with Gasteiger partial charge in [-0.2, -0.15) is 0 Å². The SMILES string of the molecule is COCCCNc1cc(Nc2cccc(Cl)c2C)nc(-c2ccccc2)n1. The minimum atomic E-state index is 0.662. The monoisotopic (exact) mass is 382 g/mol. The summed E-state index contributed by atoms with van der Waals surface area (Å²) in [6.07, 6.45) is 0.900. The van der Waals surface area contributed by atoms with Crippen LogP contribution in [0.4, 0.5) is 17.3 Å². The molecule has 0 saturated carbocycles. The van der Waals surface area contributed by atoms with Gasteiger partial charge in [-0.05, 0) is 31.0 Å². The highest BCUT2D eigenvalue weighted by Crippen LogP contribution is 2.27. The maximum absolute atomic E-state index is 6.24. The molecular formula is C21H23ClN4O. The lowest BCUT2D eigenvalue weighted by Gasteiger charge is -2.13. The van der Waals surface area contributed by atoms with Crippen LogP contribution in [0.1, 0.15) is 12.0 Å². The van der Waals surface area contributed by atoms with E-state index in [1.165, 1.54) is 0 Å². The summed E-state index contributed by atoms with van der Waals surface area (Å²) < 4.78 is 5.10. The maximum Gasteiger partial charge on any atom is 0.163 e. The Morgan fingerprint density at radius 3 is 2.56 bits per heavy atom. The summed E-state index contributed by atoms with van der Waals surface area (Å²) in [4.78, 5) is 9.34. The fourth-order valence-electron chi connectivity index (χ4n) is 2.63. The van der Waals surface area contributed by atoms with Crippen LogP contribution >= 0.6 is 11.6 Å². The smallest absolute Gasteiger partial charge is 0.163 e. The van der Waals surface area contributed by atoms with Gasteiger partial charge < -0.3 is 15.4 Å². The van der Waals surface area contributed by atoms with Gasteiger partial charge in [0.1, 0.15) is 11.6 Å². The highest BCUT2D eigenvalue weighted by Gasteiger charge is 2.09. The number of halogens is 1. The van der Waals surface area contributed by atoms with Crippen LogP contribution in [0.3, 0.4) is 0 Å². The fraction of sp³-hybridized carbons (Fsp3) is 0.238. The molecule has 0 radical (unpaired) electrons. The number of hydrogen-bond donors (Lipinski definition) is 2. The highest BCUT2D eigenvalue weighted by molar-refractivity contribution is 6.31. The molecule has 5 nitrogen and oxygen atoms in total. The van der Waals surface area contributed by atoms with Gasteiger partial charge in [0.25, 0.3) is 0 Å². The lowest BCUT2D eigenvalue weighted by atomic mass is 10.2. The quantitative estimate of drug-likeness (QED) is 0.518. The normalized spacial score (nSPS) is 10.6. The molecule has 0 spiro atoms. The van der Waals surface area contributed by atoms with E-state index in [4.69, 9.17) is 16.3 Å². The molecule has 2 aromatic carbocycles. The molecule has 0 fully saturated rings. The molecule has 0 saturated heterocycles. The molecular weight excluding hydrogens is 360 g/mol. The predicted molar refractivity (Wildman–Crippen MR) is 112 cm³/mol. The highest BCUT2D eigenvalue weighted by atomic mass is 35.5. The molecule has 140 valence electrons. The van der Waals surface area contributed by atoms with Crippen LogP contribution in [0.25, 0.3) is 11.4 Å². The molecule has 3 aromatic rings. The standard InChI is InChI=1S/C21H23ClN4O/c1-15-17(22)10-6-11-18(15)24-20-14-19(23-12-7-13-27-2)25-21(26-20)16-8-4-3-5-9-16/h3-6,8-11,14H,7,12-13H2,1-2H3,(H2,23,24,25,26). The Hall–Kier alpha value is -2.63. The summed E-state index contributed by atoms with van der Waals surface area (Å²) in [6.45, 7) is 3.46. The molecule has 6 heteroatoms. The minimum absolute atomic E-state index is 0.662. The number of hydrogen-bond acceptors (Lipinski definition) is 5. The summed E-state index contributed by atoms with van der Waals surface area (Å²) in [7, 11) is 1.70. The van der Waals surface area contributed by atoms with Crippen molar-refractivity contribution in [2.24, 2.45) is 0 Å². The second kappa shape index (κ2) is 9.35. The average molecular weight is 383 g/mol. The van der Waals surface area contributed by atoms with Crippen LogP contribution in [0.2, 0.25) is 5.02 Å². The molecule has 0 atom stereocenters. The van der Waals surface area contributed by atoms with Crippen molar-refractivity contribution >= 4 is 28.9 Å². The van der Waals surface area contributed by atoms with Crippen LogP contribution < -0.4 is 10.6 Å². The molecule has 0 aliphatic rings. The Kier molecular flexibility index (Phi) is 6.63. The lowest BCUT2D eigenvalue weighted by molar-refractivity contribution is 0.198. The van der Waals surface area contributed by atoms with Crippen LogP contribution in [0, 0.1) is 6.92 Å². The van der Waals surface area contributed by atoms with Crippen molar-refractivity contribution in [2.45, 2.75) is 13.3 Å². The summed E-state index contributed by atoms with van der Waals surface area (Å²) in [5, 5.41) is 7.43. The summed E-state index contributed by atoms with van der Waals surface area (Å²) in [5.74, 6) is 2.14. The molecule has 1 heterocycles. The molecule has 0 aliphatic heterocycles. The Morgan fingerprint density at radius 2 is 1.78 bits per heavy atom. The van der Waals surface area contributed by atoms with Crippen LogP contribution in [-0.2, 0) is 4.74 Å². The van der Waals surface area contributed by atoms with Crippen molar-refractivity contribution in [1.29, 1.82) is 0 Å². The second-order valence-corrected chi connectivity index (χ2v) is 6.55. The summed E-state index contributed by atoms with van der Waals surface area (Å²) >= 11 is 6.24. The van der Waals surface area contributed by atoms with Gasteiger partial charge in [-0.15, -0.1) is 0 Å². The molecule has 0 unspecified atom stereocenters. The first-order valence-electron chi connectivity index (χ1n) is 8.87. The fourth-order valence-corrected chi connectivity index (χ4v) is 2.81. The topological polar surface area (TPSA) is 59.1 Å². The molecule has 0 bridgehead atoms. The van der Waals surface area contributed by atoms with E-state index in [9.17, 15) is 0 Å². The summed E-state index contributed by atoms with van der Waals surface area (Å²) in [6, 6.07) is 17.6. The number of ether oxygens (including phenoxy) is 1. The van der Waals surface area contributed by atoms with E-state index in [2.05, 4.69) is 20.6 Å². The minimum Gasteiger partial charge on any atom is -0.385 e. The first-order chi connectivity index (χ1) is 13.2. The van der Waals surface area contributed by atoms with E-state index in [0.717, 1.165) is 40.6 Å². The molecule has 1 aromatic heterocycles. The van der Waals surface area contributed by atoms with E-state index in [1.807, 2.05) is 61.5 Å². The van der Waals surface area contributed by atoms with Gasteiger partial charge in [-0.3, -0.25) is 0 Å². The van der Waals surface area contributed by atoms with Gasteiger partial charge in [0.15, 0.2) is 5.82 Å². The van der Waals surface area contributed by atoms with Gasteiger partial charge in [0.2, 0.25) is 0 Å². The Bertz CT molecular complexity index is 887. The van der Waals surface area contributed by atoms with Crippen molar-refractivity contribution in [3.8, 4) is 11.4 Å². The molecule has 2 N–H and O–H groups in total. The number of aromatic nitrogens is 2. The van der Waals surface area contributed by atoms with Crippen molar-refractivity contribution < 1.29 is 4.74 Å². The summed E-state index contributed by atoms with van der Waals surface area (Å²) in [5.41, 5.74) is 2.86. The van der Waals surface area contributed by atoms with Gasteiger partial charge in [-0.1, -0.05) is 48.0 Å². The predicted octanol–water partition coefficient (Wildman–Crippen LogP) is 5.30. The first-order valence-corrected chi connectivity index (χ1v) is 9.24. The first kappa shape index (κ1) is 19.1. The Balaban J connectivity index is 1.90. The number of rotatable bonds is 8. The van der Waals surface area contributed by atoms with Crippen molar-refractivity contribution in [3.63, 3.8) is 0 Å². The largest absolute Gasteiger partial charge is 0.385 e. The van der Waals surface area contributed by atoms with E-state index in [0.29, 0.717) is 18.2 Å². The van der Waals surface area contributed by atoms with Crippen LogP contribution in [0.5, 0.6) is 0 Å². The van der Waals surface area contributed by atoms with Gasteiger partial charge in [0, 0.05) is 42.6 Å². The molecule has 0 amide bonds. The lowest BCUT2D eigenvalue weighted by Crippen LogP contribution is -2.08. The average Bonchev–Trinajstić information content (AvgIpc) is 2.69.